The fourth-order valence-corrected chi connectivity index (χ4v) is 1.90. The van der Waals surface area contributed by atoms with Crippen molar-refractivity contribution in [1.29, 1.82) is 0 Å². The Hall–Kier alpha value is -1.76. The predicted octanol–water partition coefficient (Wildman–Crippen LogP) is 3.47. The number of aromatic nitrogens is 2. The smallest absolute Gasteiger partial charge is 0.384 e. The largest absolute Gasteiger partial charge is 0.416 e. The van der Waals surface area contributed by atoms with Crippen LogP contribution in [0.4, 0.5) is 19.0 Å². The van der Waals surface area contributed by atoms with E-state index < -0.39 is 11.7 Å². The van der Waals surface area contributed by atoms with Crippen LogP contribution in [0.1, 0.15) is 5.56 Å². The zero-order valence-electron chi connectivity index (χ0n) is 9.90. The van der Waals surface area contributed by atoms with Crippen molar-refractivity contribution in [2.75, 3.05) is 12.0 Å². The summed E-state index contributed by atoms with van der Waals surface area (Å²) >= 11 is 1.32. The van der Waals surface area contributed by atoms with Crippen LogP contribution >= 0.6 is 11.8 Å². The van der Waals surface area contributed by atoms with Gasteiger partial charge in [-0.15, -0.1) is 0 Å². The maximum Gasteiger partial charge on any atom is 0.416 e. The monoisotopic (exact) mass is 285 g/mol. The molecule has 0 aliphatic carbocycles. The summed E-state index contributed by atoms with van der Waals surface area (Å²) in [6.07, 6.45) is -2.54. The van der Waals surface area contributed by atoms with E-state index in [1.165, 1.54) is 30.0 Å². The number of nitrogens with zero attached hydrogens (tertiary/aromatic N) is 2. The summed E-state index contributed by atoms with van der Waals surface area (Å²) in [6, 6.07) is 6.31. The lowest BCUT2D eigenvalue weighted by molar-refractivity contribution is -0.137. The summed E-state index contributed by atoms with van der Waals surface area (Å²) in [7, 11) is 0. The SMILES string of the molecule is CSc1nc(N)cc(-c2ccc(C(F)(F)F)cc2)n1. The highest BCUT2D eigenvalue weighted by Gasteiger charge is 2.30. The molecule has 2 aromatic rings. The number of alkyl halides is 3. The van der Waals surface area contributed by atoms with Crippen molar-refractivity contribution >= 4 is 17.6 Å². The Balaban J connectivity index is 2.40. The first-order valence-electron chi connectivity index (χ1n) is 5.26. The van der Waals surface area contributed by atoms with Crippen molar-refractivity contribution in [1.82, 2.24) is 9.97 Å². The number of hydrogen-bond acceptors (Lipinski definition) is 4. The topological polar surface area (TPSA) is 51.8 Å². The van der Waals surface area contributed by atoms with Crippen LogP contribution in [0.2, 0.25) is 0 Å². The number of anilines is 1. The highest BCUT2D eigenvalue weighted by atomic mass is 32.2. The van der Waals surface area contributed by atoms with Crippen LogP contribution in [-0.2, 0) is 6.18 Å². The van der Waals surface area contributed by atoms with Gasteiger partial charge in [0.25, 0.3) is 0 Å². The molecule has 2 rings (SSSR count). The molecule has 3 nitrogen and oxygen atoms in total. The summed E-state index contributed by atoms with van der Waals surface area (Å²) < 4.78 is 37.4. The zero-order valence-corrected chi connectivity index (χ0v) is 10.7. The van der Waals surface area contributed by atoms with Crippen molar-refractivity contribution in [3.63, 3.8) is 0 Å². The Labute approximate surface area is 112 Å². The molecule has 0 atom stereocenters. The lowest BCUT2D eigenvalue weighted by Gasteiger charge is -2.08. The summed E-state index contributed by atoms with van der Waals surface area (Å²) in [6.45, 7) is 0. The van der Waals surface area contributed by atoms with Crippen LogP contribution in [0.5, 0.6) is 0 Å². The van der Waals surface area contributed by atoms with Gasteiger partial charge in [0.05, 0.1) is 11.3 Å². The van der Waals surface area contributed by atoms with Gasteiger partial charge < -0.3 is 5.73 Å². The number of nitrogens with two attached hydrogens (primary N) is 1. The second kappa shape index (κ2) is 5.08. The van der Waals surface area contributed by atoms with Gasteiger partial charge in [-0.1, -0.05) is 23.9 Å². The fraction of sp³-hybridized carbons (Fsp3) is 0.167. The molecule has 0 aliphatic rings. The van der Waals surface area contributed by atoms with Crippen molar-refractivity contribution in [2.24, 2.45) is 0 Å². The molecule has 0 aliphatic heterocycles. The number of rotatable bonds is 2. The molecule has 0 saturated heterocycles. The van der Waals surface area contributed by atoms with Gasteiger partial charge >= 0.3 is 6.18 Å². The van der Waals surface area contributed by atoms with Crippen molar-refractivity contribution in [3.05, 3.63) is 35.9 Å². The third kappa shape index (κ3) is 3.17. The predicted molar refractivity (Wildman–Crippen MR) is 68.7 cm³/mol. The summed E-state index contributed by atoms with van der Waals surface area (Å²) in [5, 5.41) is 0.481. The van der Waals surface area contributed by atoms with Gasteiger partial charge in [-0.2, -0.15) is 13.2 Å². The van der Waals surface area contributed by atoms with Gasteiger partial charge in [0.1, 0.15) is 5.82 Å². The molecule has 0 fully saturated rings. The number of hydrogen-bond donors (Lipinski definition) is 1. The number of halogens is 3. The molecule has 0 amide bonds. The van der Waals surface area contributed by atoms with Gasteiger partial charge in [-0.25, -0.2) is 9.97 Å². The molecule has 0 radical (unpaired) electrons. The molecule has 2 N–H and O–H groups in total. The lowest BCUT2D eigenvalue weighted by Crippen LogP contribution is -2.04. The van der Waals surface area contributed by atoms with Gasteiger partial charge in [-0.05, 0) is 18.4 Å². The average molecular weight is 285 g/mol. The van der Waals surface area contributed by atoms with Crippen LogP contribution in [-0.4, -0.2) is 16.2 Å². The molecule has 0 bridgehead atoms. The molecule has 100 valence electrons. The second-order valence-corrected chi connectivity index (χ2v) is 4.51. The van der Waals surface area contributed by atoms with Crippen LogP contribution in [0.25, 0.3) is 11.3 Å². The Bertz CT molecular complexity index is 582. The molecule has 0 spiro atoms. The number of nitrogen functional groups attached to an aromatic ring is 1. The van der Waals surface area contributed by atoms with E-state index >= 15 is 0 Å². The minimum atomic E-state index is -4.34. The minimum absolute atomic E-state index is 0.286. The normalized spacial score (nSPS) is 11.6. The zero-order chi connectivity index (χ0) is 14.0. The first-order chi connectivity index (χ1) is 8.90. The van der Waals surface area contributed by atoms with E-state index in [1.807, 2.05) is 0 Å². The van der Waals surface area contributed by atoms with E-state index in [1.54, 1.807) is 6.26 Å². The number of benzene rings is 1. The molecule has 1 aromatic heterocycles. The van der Waals surface area contributed by atoms with Gasteiger partial charge in [0.2, 0.25) is 0 Å². The Kier molecular flexibility index (Phi) is 3.66. The molecule has 19 heavy (non-hydrogen) atoms. The van der Waals surface area contributed by atoms with Gasteiger partial charge in [-0.3, -0.25) is 0 Å². The lowest BCUT2D eigenvalue weighted by atomic mass is 10.1. The second-order valence-electron chi connectivity index (χ2n) is 3.74. The third-order valence-corrected chi connectivity index (χ3v) is 2.96. The van der Waals surface area contributed by atoms with E-state index in [4.69, 9.17) is 5.73 Å². The molecule has 0 unspecified atom stereocenters. The van der Waals surface area contributed by atoms with Crippen molar-refractivity contribution in [3.8, 4) is 11.3 Å². The molecule has 1 aromatic carbocycles. The standard InChI is InChI=1S/C12H10F3N3S/c1-19-11-17-9(6-10(16)18-11)7-2-4-8(5-3-7)12(13,14)15/h2-6H,1H3,(H2,16,17,18). The average Bonchev–Trinajstić information content (AvgIpc) is 2.37. The Morgan fingerprint density at radius 1 is 1.11 bits per heavy atom. The van der Waals surface area contributed by atoms with E-state index in [2.05, 4.69) is 9.97 Å². The molecule has 1 heterocycles. The first-order valence-corrected chi connectivity index (χ1v) is 6.49. The van der Waals surface area contributed by atoms with Crippen LogP contribution < -0.4 is 5.73 Å². The van der Waals surface area contributed by atoms with Gasteiger partial charge in [0.15, 0.2) is 5.16 Å². The van der Waals surface area contributed by atoms with E-state index in [-0.39, 0.29) is 5.82 Å². The fourth-order valence-electron chi connectivity index (χ4n) is 1.51. The molecule has 7 heteroatoms. The maximum absolute atomic E-state index is 12.5. The minimum Gasteiger partial charge on any atom is -0.384 e. The summed E-state index contributed by atoms with van der Waals surface area (Å²) in [4.78, 5) is 8.19. The molecular weight excluding hydrogens is 275 g/mol. The quantitative estimate of drug-likeness (QED) is 0.678. The van der Waals surface area contributed by atoms with E-state index in [0.29, 0.717) is 16.4 Å². The van der Waals surface area contributed by atoms with Crippen molar-refractivity contribution < 1.29 is 13.2 Å². The summed E-state index contributed by atoms with van der Waals surface area (Å²) in [5.74, 6) is 0.286. The van der Waals surface area contributed by atoms with Crippen LogP contribution in [0, 0.1) is 0 Å². The van der Waals surface area contributed by atoms with E-state index in [0.717, 1.165) is 12.1 Å². The Morgan fingerprint density at radius 2 is 1.74 bits per heavy atom. The van der Waals surface area contributed by atoms with Crippen LogP contribution in [0.15, 0.2) is 35.5 Å². The first kappa shape index (κ1) is 13.7. The summed E-state index contributed by atoms with van der Waals surface area (Å²) in [5.41, 5.74) is 6.01. The maximum atomic E-state index is 12.5. The Morgan fingerprint density at radius 3 is 2.26 bits per heavy atom. The molecular formula is C12H10F3N3S. The highest BCUT2D eigenvalue weighted by molar-refractivity contribution is 7.98. The third-order valence-electron chi connectivity index (χ3n) is 2.42. The van der Waals surface area contributed by atoms with Gasteiger partial charge in [0, 0.05) is 11.6 Å². The number of thioether (sulfide) groups is 1. The highest BCUT2D eigenvalue weighted by Crippen LogP contribution is 2.31. The molecule has 0 saturated carbocycles. The van der Waals surface area contributed by atoms with E-state index in [9.17, 15) is 13.2 Å². The van der Waals surface area contributed by atoms with Crippen LogP contribution in [0.3, 0.4) is 0 Å². The van der Waals surface area contributed by atoms with Crippen molar-refractivity contribution in [2.45, 2.75) is 11.3 Å².